The first kappa shape index (κ1) is 14.6. The first-order valence-electron chi connectivity index (χ1n) is 6.68. The molecule has 1 rings (SSSR count). The average molecular weight is 251 g/mol. The lowest BCUT2D eigenvalue weighted by Crippen LogP contribution is -2.11. The molecule has 0 saturated carbocycles. The van der Waals surface area contributed by atoms with Crippen molar-refractivity contribution in [1.82, 2.24) is 5.32 Å². The Labute approximate surface area is 110 Å². The summed E-state index contributed by atoms with van der Waals surface area (Å²) in [5.74, 6) is 2.06. The average Bonchev–Trinajstić information content (AvgIpc) is 2.35. The highest BCUT2D eigenvalue weighted by molar-refractivity contribution is 7.99. The van der Waals surface area contributed by atoms with Crippen LogP contribution in [0.15, 0.2) is 29.2 Å². The second-order valence-corrected chi connectivity index (χ2v) is 5.72. The Morgan fingerprint density at radius 2 is 1.88 bits per heavy atom. The monoisotopic (exact) mass is 251 g/mol. The quantitative estimate of drug-likeness (QED) is 0.690. The van der Waals surface area contributed by atoms with Crippen molar-refractivity contribution in [3.8, 4) is 0 Å². The number of thioether (sulfide) groups is 1. The lowest BCUT2D eigenvalue weighted by Gasteiger charge is -2.09. The Morgan fingerprint density at radius 3 is 2.47 bits per heavy atom. The zero-order valence-electron chi connectivity index (χ0n) is 11.3. The van der Waals surface area contributed by atoms with Crippen LogP contribution in [0.1, 0.15) is 39.2 Å². The van der Waals surface area contributed by atoms with Crippen LogP contribution < -0.4 is 5.32 Å². The minimum Gasteiger partial charge on any atom is -0.313 e. The second-order valence-electron chi connectivity index (χ2n) is 4.63. The van der Waals surface area contributed by atoms with Gasteiger partial charge in [0.2, 0.25) is 0 Å². The minimum absolute atomic E-state index is 0.825. The number of rotatable bonds is 8. The molecule has 1 aromatic carbocycles. The summed E-state index contributed by atoms with van der Waals surface area (Å²) < 4.78 is 0. The van der Waals surface area contributed by atoms with Crippen LogP contribution in [0, 0.1) is 5.92 Å². The lowest BCUT2D eigenvalue weighted by molar-refractivity contribution is 0.585. The maximum Gasteiger partial charge on any atom is 0.0205 e. The van der Waals surface area contributed by atoms with Crippen molar-refractivity contribution in [2.24, 2.45) is 5.92 Å². The molecule has 17 heavy (non-hydrogen) atoms. The largest absolute Gasteiger partial charge is 0.313 e. The van der Waals surface area contributed by atoms with Crippen LogP contribution in [0.4, 0.5) is 0 Å². The van der Waals surface area contributed by atoms with Crippen LogP contribution in [-0.4, -0.2) is 12.3 Å². The maximum atomic E-state index is 3.34. The van der Waals surface area contributed by atoms with E-state index in [0.29, 0.717) is 0 Å². The topological polar surface area (TPSA) is 12.0 Å². The fourth-order valence-corrected chi connectivity index (χ4v) is 2.76. The second kappa shape index (κ2) is 8.60. The molecule has 1 aromatic rings. The van der Waals surface area contributed by atoms with Gasteiger partial charge in [0.15, 0.2) is 0 Å². The van der Waals surface area contributed by atoms with E-state index in [1.807, 2.05) is 11.8 Å². The van der Waals surface area contributed by atoms with Crippen LogP contribution in [0.2, 0.25) is 0 Å². The molecule has 2 heteroatoms. The highest BCUT2D eigenvalue weighted by Crippen LogP contribution is 2.22. The fraction of sp³-hybridized carbons (Fsp3) is 0.600. The summed E-state index contributed by atoms with van der Waals surface area (Å²) in [5.41, 5.74) is 1.37. The summed E-state index contributed by atoms with van der Waals surface area (Å²) >= 11 is 1.98. The van der Waals surface area contributed by atoms with E-state index in [2.05, 4.69) is 50.4 Å². The van der Waals surface area contributed by atoms with Crippen molar-refractivity contribution >= 4 is 11.8 Å². The predicted octanol–water partition coefficient (Wildman–Crippen LogP) is 4.32. The predicted molar refractivity (Wildman–Crippen MR) is 78.6 cm³/mol. The van der Waals surface area contributed by atoms with Crippen molar-refractivity contribution in [2.45, 2.75) is 45.1 Å². The summed E-state index contributed by atoms with van der Waals surface area (Å²) in [7, 11) is 0. The lowest BCUT2D eigenvalue weighted by atomic mass is 10.1. The van der Waals surface area contributed by atoms with Crippen molar-refractivity contribution < 1.29 is 0 Å². The normalized spacial score (nSPS) is 12.6. The van der Waals surface area contributed by atoms with Gasteiger partial charge in [0.1, 0.15) is 0 Å². The first-order valence-corrected chi connectivity index (χ1v) is 7.67. The Bertz CT molecular complexity index is 294. The van der Waals surface area contributed by atoms with E-state index >= 15 is 0 Å². The Hall–Kier alpha value is -0.470. The molecule has 1 N–H and O–H groups in total. The molecular weight excluding hydrogens is 226 g/mol. The zero-order valence-corrected chi connectivity index (χ0v) is 12.1. The maximum absolute atomic E-state index is 3.34. The summed E-state index contributed by atoms with van der Waals surface area (Å²) in [6.07, 6.45) is 2.63. The van der Waals surface area contributed by atoms with Gasteiger partial charge in [-0.05, 0) is 30.2 Å². The Kier molecular flexibility index (Phi) is 7.38. The summed E-state index contributed by atoms with van der Waals surface area (Å²) in [5, 5.41) is 3.34. The number of benzene rings is 1. The van der Waals surface area contributed by atoms with Crippen LogP contribution in [0.25, 0.3) is 0 Å². The molecular formula is C15H25NS. The molecule has 1 unspecified atom stereocenters. The van der Waals surface area contributed by atoms with E-state index in [1.54, 1.807) is 0 Å². The molecule has 1 nitrogen and oxygen atoms in total. The molecule has 0 aliphatic carbocycles. The first-order chi connectivity index (χ1) is 8.26. The summed E-state index contributed by atoms with van der Waals surface area (Å²) in [6.45, 7) is 8.75. The van der Waals surface area contributed by atoms with Crippen molar-refractivity contribution in [2.75, 3.05) is 12.3 Å². The molecule has 1 atom stereocenters. The van der Waals surface area contributed by atoms with Crippen molar-refractivity contribution in [1.29, 1.82) is 0 Å². The number of hydrogen-bond donors (Lipinski definition) is 1. The van der Waals surface area contributed by atoms with Gasteiger partial charge in [-0.3, -0.25) is 0 Å². The highest BCUT2D eigenvalue weighted by Gasteiger charge is 2.02. The smallest absolute Gasteiger partial charge is 0.0205 e. The third-order valence-corrected chi connectivity index (χ3v) is 4.16. The van der Waals surface area contributed by atoms with E-state index in [-0.39, 0.29) is 0 Å². The van der Waals surface area contributed by atoms with Crippen LogP contribution >= 0.6 is 11.8 Å². The number of nitrogens with one attached hydrogen (secondary N) is 1. The van der Waals surface area contributed by atoms with Gasteiger partial charge in [0.25, 0.3) is 0 Å². The fourth-order valence-electron chi connectivity index (χ4n) is 1.79. The van der Waals surface area contributed by atoms with Gasteiger partial charge in [0, 0.05) is 17.2 Å². The molecule has 0 aromatic heterocycles. The van der Waals surface area contributed by atoms with E-state index in [0.717, 1.165) is 19.0 Å². The molecule has 0 fully saturated rings. The molecule has 0 saturated heterocycles. The third-order valence-electron chi connectivity index (χ3n) is 2.82. The minimum atomic E-state index is 0.825. The summed E-state index contributed by atoms with van der Waals surface area (Å²) in [4.78, 5) is 1.40. The van der Waals surface area contributed by atoms with Gasteiger partial charge in [-0.2, -0.15) is 0 Å². The Balaban J connectivity index is 2.34. The molecule has 0 bridgehead atoms. The molecule has 0 heterocycles. The van der Waals surface area contributed by atoms with Crippen LogP contribution in [0.5, 0.6) is 0 Å². The van der Waals surface area contributed by atoms with Gasteiger partial charge >= 0.3 is 0 Å². The molecule has 0 aliphatic rings. The zero-order chi connectivity index (χ0) is 12.5. The standard InChI is InChI=1S/C15H25NS/c1-4-6-13(3)12-17-15-9-7-14(8-10-15)11-16-5-2/h7-10,13,16H,4-6,11-12H2,1-3H3. The molecule has 0 aliphatic heterocycles. The highest BCUT2D eigenvalue weighted by atomic mass is 32.2. The van der Waals surface area contributed by atoms with E-state index < -0.39 is 0 Å². The van der Waals surface area contributed by atoms with Crippen LogP contribution in [0.3, 0.4) is 0 Å². The van der Waals surface area contributed by atoms with Gasteiger partial charge in [-0.15, -0.1) is 11.8 Å². The third kappa shape index (κ3) is 6.13. The summed E-state index contributed by atoms with van der Waals surface area (Å²) in [6, 6.07) is 8.96. The van der Waals surface area contributed by atoms with E-state index in [4.69, 9.17) is 0 Å². The van der Waals surface area contributed by atoms with E-state index in [1.165, 1.54) is 29.1 Å². The Morgan fingerprint density at radius 1 is 1.18 bits per heavy atom. The molecule has 96 valence electrons. The molecule has 0 amide bonds. The molecule has 0 radical (unpaired) electrons. The van der Waals surface area contributed by atoms with Gasteiger partial charge in [0.05, 0.1) is 0 Å². The molecule has 0 spiro atoms. The van der Waals surface area contributed by atoms with Crippen molar-refractivity contribution in [3.05, 3.63) is 29.8 Å². The van der Waals surface area contributed by atoms with Gasteiger partial charge < -0.3 is 5.32 Å². The number of hydrogen-bond acceptors (Lipinski definition) is 2. The van der Waals surface area contributed by atoms with E-state index in [9.17, 15) is 0 Å². The van der Waals surface area contributed by atoms with Gasteiger partial charge in [-0.1, -0.05) is 45.7 Å². The van der Waals surface area contributed by atoms with Crippen LogP contribution in [-0.2, 0) is 6.54 Å². The SMILES string of the molecule is CCCC(C)CSc1ccc(CNCC)cc1. The van der Waals surface area contributed by atoms with Gasteiger partial charge in [-0.25, -0.2) is 0 Å². The van der Waals surface area contributed by atoms with Crippen molar-refractivity contribution in [3.63, 3.8) is 0 Å².